The van der Waals surface area contributed by atoms with E-state index >= 15 is 0 Å². The SMILES string of the molecule is COc1ccccc1NC(=O)c1cc(N(C)c2ccccc2)ccn1. The molecule has 0 saturated heterocycles. The lowest BCUT2D eigenvalue weighted by Gasteiger charge is -2.19. The van der Waals surface area contributed by atoms with Crippen molar-refractivity contribution in [1.82, 2.24) is 4.98 Å². The molecule has 3 aromatic rings. The van der Waals surface area contributed by atoms with Crippen LogP contribution in [0.25, 0.3) is 0 Å². The maximum absolute atomic E-state index is 12.5. The molecule has 1 amide bonds. The van der Waals surface area contributed by atoms with Gasteiger partial charge in [-0.05, 0) is 36.4 Å². The second-order valence-electron chi connectivity index (χ2n) is 5.45. The van der Waals surface area contributed by atoms with Gasteiger partial charge in [-0.1, -0.05) is 30.3 Å². The van der Waals surface area contributed by atoms with E-state index in [1.807, 2.05) is 60.5 Å². The van der Waals surface area contributed by atoms with Crippen molar-refractivity contribution in [2.24, 2.45) is 0 Å². The van der Waals surface area contributed by atoms with E-state index in [2.05, 4.69) is 10.3 Å². The van der Waals surface area contributed by atoms with Crippen LogP contribution in [-0.2, 0) is 0 Å². The van der Waals surface area contributed by atoms with Crippen LogP contribution in [0.1, 0.15) is 10.5 Å². The summed E-state index contributed by atoms with van der Waals surface area (Å²) in [6, 6.07) is 20.8. The highest BCUT2D eigenvalue weighted by atomic mass is 16.5. The van der Waals surface area contributed by atoms with Gasteiger partial charge < -0.3 is 15.0 Å². The fraction of sp³-hybridized carbons (Fsp3) is 0.100. The number of pyridine rings is 1. The first-order valence-corrected chi connectivity index (χ1v) is 7.88. The number of methoxy groups -OCH3 is 1. The van der Waals surface area contributed by atoms with Gasteiger partial charge in [-0.2, -0.15) is 0 Å². The zero-order valence-electron chi connectivity index (χ0n) is 14.1. The second-order valence-corrected chi connectivity index (χ2v) is 5.45. The number of benzene rings is 2. The summed E-state index contributed by atoms with van der Waals surface area (Å²) in [5.74, 6) is 0.321. The summed E-state index contributed by atoms with van der Waals surface area (Å²) in [6.45, 7) is 0. The molecule has 0 aliphatic heterocycles. The number of para-hydroxylation sites is 3. The summed E-state index contributed by atoms with van der Waals surface area (Å²) in [4.78, 5) is 18.7. The lowest BCUT2D eigenvalue weighted by Crippen LogP contribution is -2.16. The maximum Gasteiger partial charge on any atom is 0.274 e. The van der Waals surface area contributed by atoms with E-state index in [0.29, 0.717) is 17.1 Å². The van der Waals surface area contributed by atoms with E-state index in [-0.39, 0.29) is 5.91 Å². The van der Waals surface area contributed by atoms with Crippen LogP contribution >= 0.6 is 0 Å². The van der Waals surface area contributed by atoms with Crippen LogP contribution in [0.3, 0.4) is 0 Å². The fourth-order valence-corrected chi connectivity index (χ4v) is 2.49. The minimum Gasteiger partial charge on any atom is -0.495 e. The van der Waals surface area contributed by atoms with Crippen LogP contribution in [0.4, 0.5) is 17.1 Å². The molecule has 0 fully saturated rings. The van der Waals surface area contributed by atoms with Crippen molar-refractivity contribution in [3.05, 3.63) is 78.6 Å². The van der Waals surface area contributed by atoms with Gasteiger partial charge in [0.25, 0.3) is 5.91 Å². The molecule has 1 aromatic heterocycles. The Morgan fingerprint density at radius 2 is 1.72 bits per heavy atom. The molecular formula is C20H19N3O2. The van der Waals surface area contributed by atoms with Crippen LogP contribution in [0.15, 0.2) is 72.9 Å². The molecule has 25 heavy (non-hydrogen) atoms. The van der Waals surface area contributed by atoms with Gasteiger partial charge >= 0.3 is 0 Å². The molecule has 0 radical (unpaired) electrons. The summed E-state index contributed by atoms with van der Waals surface area (Å²) in [5, 5.41) is 2.84. The Morgan fingerprint density at radius 1 is 1.00 bits per heavy atom. The zero-order valence-corrected chi connectivity index (χ0v) is 14.1. The summed E-state index contributed by atoms with van der Waals surface area (Å²) < 4.78 is 5.26. The first-order chi connectivity index (χ1) is 12.2. The third kappa shape index (κ3) is 3.77. The Balaban J connectivity index is 1.82. The molecule has 3 rings (SSSR count). The number of rotatable bonds is 5. The molecule has 5 nitrogen and oxygen atoms in total. The van der Waals surface area contributed by atoms with E-state index in [9.17, 15) is 4.79 Å². The average Bonchev–Trinajstić information content (AvgIpc) is 2.68. The lowest BCUT2D eigenvalue weighted by atomic mass is 10.2. The molecule has 0 spiro atoms. The van der Waals surface area contributed by atoms with Crippen molar-refractivity contribution < 1.29 is 9.53 Å². The van der Waals surface area contributed by atoms with Gasteiger partial charge in [0.05, 0.1) is 12.8 Å². The minimum absolute atomic E-state index is 0.284. The van der Waals surface area contributed by atoms with Crippen LogP contribution in [0.5, 0.6) is 5.75 Å². The van der Waals surface area contributed by atoms with Crippen LogP contribution in [-0.4, -0.2) is 25.0 Å². The standard InChI is InChI=1S/C20H19N3O2/c1-23(15-8-4-3-5-9-15)16-12-13-21-18(14-16)20(24)22-17-10-6-7-11-19(17)25-2/h3-14H,1-2H3,(H,22,24). The molecule has 5 heteroatoms. The van der Waals surface area contributed by atoms with Gasteiger partial charge in [-0.25, -0.2) is 0 Å². The molecular weight excluding hydrogens is 314 g/mol. The van der Waals surface area contributed by atoms with Gasteiger partial charge in [0, 0.05) is 24.6 Å². The third-order valence-corrected chi connectivity index (χ3v) is 3.86. The van der Waals surface area contributed by atoms with Crippen molar-refractivity contribution in [3.63, 3.8) is 0 Å². The number of carbonyl (C=O) groups excluding carboxylic acids is 1. The molecule has 126 valence electrons. The molecule has 0 aliphatic carbocycles. The number of hydrogen-bond donors (Lipinski definition) is 1. The molecule has 0 unspecified atom stereocenters. The van der Waals surface area contributed by atoms with Crippen molar-refractivity contribution in [2.45, 2.75) is 0 Å². The molecule has 1 heterocycles. The molecule has 1 N–H and O–H groups in total. The van der Waals surface area contributed by atoms with Crippen molar-refractivity contribution in [2.75, 3.05) is 24.4 Å². The van der Waals surface area contributed by atoms with Crippen molar-refractivity contribution >= 4 is 23.0 Å². The minimum atomic E-state index is -0.284. The number of aromatic nitrogens is 1. The number of hydrogen-bond acceptors (Lipinski definition) is 4. The number of carbonyl (C=O) groups is 1. The highest BCUT2D eigenvalue weighted by Crippen LogP contribution is 2.25. The highest BCUT2D eigenvalue weighted by molar-refractivity contribution is 6.04. The molecule has 0 atom stereocenters. The normalized spacial score (nSPS) is 10.2. The maximum atomic E-state index is 12.5. The number of ether oxygens (including phenoxy) is 1. The first-order valence-electron chi connectivity index (χ1n) is 7.88. The van der Waals surface area contributed by atoms with E-state index in [1.54, 1.807) is 31.5 Å². The van der Waals surface area contributed by atoms with E-state index in [0.717, 1.165) is 11.4 Å². The van der Waals surface area contributed by atoms with Crippen LogP contribution in [0.2, 0.25) is 0 Å². The van der Waals surface area contributed by atoms with E-state index in [1.165, 1.54) is 0 Å². The van der Waals surface area contributed by atoms with Gasteiger partial charge in [-0.3, -0.25) is 9.78 Å². The monoisotopic (exact) mass is 333 g/mol. The Bertz CT molecular complexity index is 866. The predicted molar refractivity (Wildman–Crippen MR) is 99.7 cm³/mol. The Kier molecular flexibility index (Phi) is 4.95. The summed E-state index contributed by atoms with van der Waals surface area (Å²) in [6.07, 6.45) is 1.63. The number of anilines is 3. The second kappa shape index (κ2) is 7.49. The first kappa shape index (κ1) is 16.5. The van der Waals surface area contributed by atoms with Crippen molar-refractivity contribution in [1.29, 1.82) is 0 Å². The van der Waals surface area contributed by atoms with Gasteiger partial charge in [0.2, 0.25) is 0 Å². The Hall–Kier alpha value is -3.34. The zero-order chi connectivity index (χ0) is 17.6. The topological polar surface area (TPSA) is 54.5 Å². The Labute approximate surface area is 146 Å². The highest BCUT2D eigenvalue weighted by Gasteiger charge is 2.13. The van der Waals surface area contributed by atoms with Crippen LogP contribution < -0.4 is 15.0 Å². The molecule has 2 aromatic carbocycles. The van der Waals surface area contributed by atoms with Crippen LogP contribution in [0, 0.1) is 0 Å². The fourth-order valence-electron chi connectivity index (χ4n) is 2.49. The summed E-state index contributed by atoms with van der Waals surface area (Å²) in [5.41, 5.74) is 2.86. The number of amides is 1. The molecule has 0 aliphatic rings. The van der Waals surface area contributed by atoms with Gasteiger partial charge in [0.15, 0.2) is 0 Å². The number of nitrogens with one attached hydrogen (secondary N) is 1. The summed E-state index contributed by atoms with van der Waals surface area (Å²) in [7, 11) is 3.52. The lowest BCUT2D eigenvalue weighted by molar-refractivity contribution is 0.102. The van der Waals surface area contributed by atoms with E-state index in [4.69, 9.17) is 4.74 Å². The largest absolute Gasteiger partial charge is 0.495 e. The quantitative estimate of drug-likeness (QED) is 0.763. The molecule has 0 saturated carbocycles. The van der Waals surface area contributed by atoms with Crippen molar-refractivity contribution in [3.8, 4) is 5.75 Å². The Morgan fingerprint density at radius 3 is 2.48 bits per heavy atom. The third-order valence-electron chi connectivity index (χ3n) is 3.86. The van der Waals surface area contributed by atoms with E-state index < -0.39 is 0 Å². The predicted octanol–water partition coefficient (Wildman–Crippen LogP) is 4.11. The summed E-state index contributed by atoms with van der Waals surface area (Å²) >= 11 is 0. The number of nitrogens with zero attached hydrogens (tertiary/aromatic N) is 2. The average molecular weight is 333 g/mol. The van der Waals surface area contributed by atoms with Gasteiger partial charge in [0.1, 0.15) is 11.4 Å². The molecule has 0 bridgehead atoms. The van der Waals surface area contributed by atoms with Gasteiger partial charge in [-0.15, -0.1) is 0 Å². The smallest absolute Gasteiger partial charge is 0.274 e.